The monoisotopic (exact) mass is 715 g/mol. The number of likely N-dealkylation sites (tertiary alicyclic amines) is 2. The van der Waals surface area contributed by atoms with Crippen molar-refractivity contribution in [2.75, 3.05) is 32.7 Å². The molecule has 4 fully saturated rings. The summed E-state index contributed by atoms with van der Waals surface area (Å²) in [6.07, 6.45) is 9.90. The molecule has 4 saturated heterocycles. The molecular formula is C36H35ClFN7O6. The number of amides is 5. The molecule has 51 heavy (non-hydrogen) atoms. The average Bonchev–Trinajstić information content (AvgIpc) is 3.90. The van der Waals surface area contributed by atoms with Gasteiger partial charge in [0.25, 0.3) is 11.8 Å². The molecule has 9 heterocycles. The lowest BCUT2D eigenvalue weighted by atomic mass is 9.98. The van der Waals surface area contributed by atoms with Crippen LogP contribution in [0.4, 0.5) is 14.0 Å². The molecule has 3 aromatic heterocycles. The predicted molar refractivity (Wildman–Crippen MR) is 183 cm³/mol. The van der Waals surface area contributed by atoms with Crippen LogP contribution in [0.15, 0.2) is 48.9 Å². The van der Waals surface area contributed by atoms with Crippen LogP contribution in [0.2, 0.25) is 0 Å². The number of benzene rings is 1. The lowest BCUT2D eigenvalue weighted by molar-refractivity contribution is -0.122. The van der Waals surface area contributed by atoms with Crippen molar-refractivity contribution in [3.8, 4) is 0 Å². The molecule has 5 amide bonds. The van der Waals surface area contributed by atoms with E-state index in [0.717, 1.165) is 31.2 Å². The van der Waals surface area contributed by atoms with Gasteiger partial charge >= 0.3 is 11.4 Å². The number of aromatic nitrogens is 3. The molecule has 0 radical (unpaired) electrons. The van der Waals surface area contributed by atoms with Crippen LogP contribution >= 0.6 is 11.6 Å². The topological polar surface area (TPSA) is 131 Å². The van der Waals surface area contributed by atoms with E-state index in [9.17, 15) is 19.2 Å². The number of rotatable bonds is 2. The Labute approximate surface area is 296 Å². The second kappa shape index (κ2) is 12.5. The highest BCUT2D eigenvalue weighted by atomic mass is 35.5. The van der Waals surface area contributed by atoms with Crippen LogP contribution in [0.5, 0.6) is 0 Å². The van der Waals surface area contributed by atoms with Crippen molar-refractivity contribution in [3.63, 3.8) is 0 Å². The van der Waals surface area contributed by atoms with E-state index in [-0.39, 0.29) is 53.5 Å². The fraction of sp³-hybridized carbons (Fsp3) is 0.417. The Morgan fingerprint density at radius 3 is 2.22 bits per heavy atom. The van der Waals surface area contributed by atoms with Gasteiger partial charge in [-0.15, -0.1) is 0 Å². The molecule has 0 saturated carbocycles. The third-order valence-corrected chi connectivity index (χ3v) is 11.0. The van der Waals surface area contributed by atoms with Crippen molar-refractivity contribution < 1.29 is 33.0 Å². The summed E-state index contributed by atoms with van der Waals surface area (Å²) in [5.41, 5.74) is 3.40. The number of morpholine rings is 2. The highest BCUT2D eigenvalue weighted by Crippen LogP contribution is 2.39. The summed E-state index contributed by atoms with van der Waals surface area (Å²) in [5.74, 6) is -1.53. The second-order valence-corrected chi connectivity index (χ2v) is 14.3. The van der Waals surface area contributed by atoms with Crippen LogP contribution in [0.1, 0.15) is 42.5 Å². The molecule has 1 aromatic carbocycles. The molecule has 15 heteroatoms. The third kappa shape index (κ3) is 5.65. The lowest BCUT2D eigenvalue weighted by Crippen LogP contribution is -2.51. The first-order valence-electron chi connectivity index (χ1n) is 17.3. The van der Waals surface area contributed by atoms with Crippen molar-refractivity contribution >= 4 is 62.5 Å². The van der Waals surface area contributed by atoms with Gasteiger partial charge in [0.1, 0.15) is 11.5 Å². The van der Waals surface area contributed by atoms with Crippen LogP contribution in [-0.4, -0.2) is 109 Å². The number of urea groups is 1. The van der Waals surface area contributed by atoms with Gasteiger partial charge in [-0.05, 0) is 67.1 Å². The lowest BCUT2D eigenvalue weighted by Gasteiger charge is -2.35. The Morgan fingerprint density at radius 1 is 0.863 bits per heavy atom. The number of ether oxygens (including phenoxy) is 2. The van der Waals surface area contributed by atoms with Crippen molar-refractivity contribution in [3.05, 3.63) is 71.6 Å². The average molecular weight is 716 g/mol. The molecular weight excluding hydrogens is 681 g/mol. The summed E-state index contributed by atoms with van der Waals surface area (Å²) >= 11 is 5.35. The molecule has 10 rings (SSSR count). The standard InChI is InChI=1S/C29H25FN6O4.C7H10ClNO2/c30-17-9-16-12-34(29(39)35-13-18-4-5-19(14-35)40-18)8-7-33-15-21(20(10-17)26(16)33)24-25(28(38)32-27(24)37)22-11-31-23-3-1-2-6-36(22)23;8-7(10)9-3-5-1-2-6(4-9)11-5/h1-3,6,9-11,15,18-19H,4-5,7-8,12-14H2,(H,32,37,38);5-6H,1-4H2. The quantitative estimate of drug-likeness (QED) is 0.189. The van der Waals surface area contributed by atoms with Crippen LogP contribution in [0, 0.1) is 5.82 Å². The van der Waals surface area contributed by atoms with E-state index in [4.69, 9.17) is 21.1 Å². The molecule has 6 aliphatic rings. The number of imide groups is 1. The van der Waals surface area contributed by atoms with E-state index in [1.165, 1.54) is 12.1 Å². The highest BCUT2D eigenvalue weighted by molar-refractivity contribution is 6.62. The first kappa shape index (κ1) is 32.1. The van der Waals surface area contributed by atoms with Crippen LogP contribution in [0.25, 0.3) is 27.7 Å². The number of nitrogens with zero attached hydrogens (tertiary/aromatic N) is 6. The number of pyridine rings is 1. The summed E-state index contributed by atoms with van der Waals surface area (Å²) in [5, 5.41) is 2.61. The molecule has 4 atom stereocenters. The predicted octanol–water partition coefficient (Wildman–Crippen LogP) is 4.00. The van der Waals surface area contributed by atoms with Gasteiger partial charge in [0.05, 0.1) is 53.0 Å². The second-order valence-electron chi connectivity index (χ2n) is 14.0. The molecule has 0 aliphatic carbocycles. The fourth-order valence-corrected chi connectivity index (χ4v) is 8.60. The van der Waals surface area contributed by atoms with Gasteiger partial charge in [0, 0.05) is 69.2 Å². The van der Waals surface area contributed by atoms with E-state index in [1.807, 2.05) is 27.7 Å². The first-order valence-corrected chi connectivity index (χ1v) is 17.7. The van der Waals surface area contributed by atoms with Gasteiger partial charge in [0.2, 0.25) is 0 Å². The van der Waals surface area contributed by atoms with Crippen LogP contribution in [0.3, 0.4) is 0 Å². The van der Waals surface area contributed by atoms with Crippen molar-refractivity contribution in [2.45, 2.75) is 63.2 Å². The zero-order valence-corrected chi connectivity index (χ0v) is 28.4. The summed E-state index contributed by atoms with van der Waals surface area (Å²) in [4.78, 5) is 60.2. The summed E-state index contributed by atoms with van der Waals surface area (Å²) in [6.45, 7) is 3.64. The van der Waals surface area contributed by atoms with Crippen molar-refractivity contribution in [1.82, 2.24) is 34.0 Å². The minimum absolute atomic E-state index is 0.0676. The normalized spacial score (nSPS) is 25.4. The number of halogens is 2. The number of hydrogen-bond acceptors (Lipinski definition) is 7. The van der Waals surface area contributed by atoms with E-state index in [0.29, 0.717) is 67.1 Å². The summed E-state index contributed by atoms with van der Waals surface area (Å²) in [7, 11) is 0. The van der Waals surface area contributed by atoms with Gasteiger partial charge in [-0.2, -0.15) is 0 Å². The molecule has 4 aromatic rings. The third-order valence-electron chi connectivity index (χ3n) is 10.7. The van der Waals surface area contributed by atoms with E-state index >= 15 is 4.39 Å². The smallest absolute Gasteiger partial charge is 0.320 e. The molecule has 6 aliphatic heterocycles. The number of fused-ring (bicyclic) bond motifs is 5. The minimum atomic E-state index is -0.536. The Bertz CT molecular complexity index is 2140. The molecule has 13 nitrogen and oxygen atoms in total. The van der Waals surface area contributed by atoms with E-state index in [1.54, 1.807) is 32.8 Å². The number of carbonyl (C=O) groups is 4. The van der Waals surface area contributed by atoms with Gasteiger partial charge in [-0.3, -0.25) is 24.1 Å². The van der Waals surface area contributed by atoms with Crippen LogP contribution < -0.4 is 5.32 Å². The van der Waals surface area contributed by atoms with Gasteiger partial charge < -0.3 is 28.7 Å². The maximum absolute atomic E-state index is 15.1. The van der Waals surface area contributed by atoms with Gasteiger partial charge in [0.15, 0.2) is 0 Å². The van der Waals surface area contributed by atoms with Gasteiger partial charge in [-0.1, -0.05) is 6.07 Å². The molecule has 0 spiro atoms. The largest absolute Gasteiger partial charge is 0.371 e. The minimum Gasteiger partial charge on any atom is -0.371 e. The Kier molecular flexibility index (Phi) is 7.85. The number of nitrogens with one attached hydrogen (secondary N) is 1. The summed E-state index contributed by atoms with van der Waals surface area (Å²) in [6, 6.07) is 8.26. The van der Waals surface area contributed by atoms with Crippen molar-refractivity contribution in [1.29, 1.82) is 0 Å². The zero-order valence-electron chi connectivity index (χ0n) is 27.6. The molecule has 4 bridgehead atoms. The van der Waals surface area contributed by atoms with E-state index in [2.05, 4.69) is 10.3 Å². The summed E-state index contributed by atoms with van der Waals surface area (Å²) < 4.78 is 30.3. The Morgan fingerprint density at radius 2 is 1.53 bits per heavy atom. The number of hydrogen-bond donors (Lipinski definition) is 1. The maximum atomic E-state index is 15.1. The number of carbonyl (C=O) groups excluding carboxylic acids is 4. The Balaban J connectivity index is 0.000000270. The fourth-order valence-electron chi connectivity index (χ4n) is 8.47. The molecule has 1 N–H and O–H groups in total. The van der Waals surface area contributed by atoms with Crippen molar-refractivity contribution in [2.24, 2.45) is 0 Å². The zero-order chi connectivity index (χ0) is 35.0. The Hall–Kier alpha value is -4.79. The number of imidazole rings is 1. The highest BCUT2D eigenvalue weighted by Gasteiger charge is 2.39. The SMILES string of the molecule is O=C(Cl)N1CC2CCC(C1)O2.O=C1NC(=O)C(c2cnc3ccccn23)=C1c1cn2c3c(cc(F)cc13)CN(C(=O)N1CC3CCC(C1)O3)CC2. The van der Waals surface area contributed by atoms with Gasteiger partial charge in [-0.25, -0.2) is 14.2 Å². The van der Waals surface area contributed by atoms with E-state index < -0.39 is 17.6 Å². The molecule has 4 unspecified atom stereocenters. The maximum Gasteiger partial charge on any atom is 0.320 e. The first-order chi connectivity index (χ1) is 24.7. The van der Waals surface area contributed by atoms with Crippen LogP contribution in [-0.2, 0) is 32.2 Å². The molecule has 264 valence electrons.